The van der Waals surface area contributed by atoms with Crippen LogP contribution in [0.1, 0.15) is 17.2 Å². The minimum absolute atomic E-state index is 0.165. The van der Waals surface area contributed by atoms with Gasteiger partial charge in [0, 0.05) is 38.1 Å². The van der Waals surface area contributed by atoms with E-state index in [0.717, 1.165) is 49.4 Å². The van der Waals surface area contributed by atoms with Crippen molar-refractivity contribution in [3.63, 3.8) is 0 Å². The van der Waals surface area contributed by atoms with Gasteiger partial charge in [0.1, 0.15) is 5.82 Å². The van der Waals surface area contributed by atoms with Crippen LogP contribution in [0.25, 0.3) is 10.9 Å². The second kappa shape index (κ2) is 9.05. The van der Waals surface area contributed by atoms with E-state index in [9.17, 15) is 4.79 Å². The normalized spacial score (nSPS) is 18.8. The molecular formula is C28H29N5O. The third-order valence-corrected chi connectivity index (χ3v) is 7.10. The Hall–Kier alpha value is -3.48. The van der Waals surface area contributed by atoms with Gasteiger partial charge in [-0.25, -0.2) is 4.79 Å². The van der Waals surface area contributed by atoms with Crippen LogP contribution >= 0.6 is 0 Å². The Morgan fingerprint density at radius 2 is 1.44 bits per heavy atom. The molecule has 0 aliphatic carbocycles. The Morgan fingerprint density at radius 3 is 2.12 bits per heavy atom. The molecule has 6 rings (SSSR count). The number of benzene rings is 3. The van der Waals surface area contributed by atoms with Gasteiger partial charge in [0.15, 0.2) is 0 Å². The number of aromatic nitrogens is 2. The summed E-state index contributed by atoms with van der Waals surface area (Å²) >= 11 is 0. The van der Waals surface area contributed by atoms with Crippen LogP contribution in [0.3, 0.4) is 0 Å². The monoisotopic (exact) mass is 451 g/mol. The highest BCUT2D eigenvalue weighted by Crippen LogP contribution is 2.30. The number of nitrogens with one attached hydrogen (secondary N) is 1. The first kappa shape index (κ1) is 21.1. The first-order chi connectivity index (χ1) is 16.8. The summed E-state index contributed by atoms with van der Waals surface area (Å²) in [6.07, 6.45) is 0. The zero-order chi connectivity index (χ0) is 22.9. The second-order valence-electron chi connectivity index (χ2n) is 9.27. The van der Waals surface area contributed by atoms with Gasteiger partial charge in [-0.3, -0.25) is 14.4 Å². The lowest BCUT2D eigenvalue weighted by atomic mass is 9.96. The first-order valence-electron chi connectivity index (χ1n) is 12.1. The molecule has 1 N–H and O–H groups in total. The van der Waals surface area contributed by atoms with E-state index < -0.39 is 0 Å². The number of nitrogens with zero attached hydrogens (tertiary/aromatic N) is 4. The molecule has 1 fully saturated rings. The Balaban J connectivity index is 1.14. The van der Waals surface area contributed by atoms with Crippen molar-refractivity contribution in [3.8, 4) is 0 Å². The van der Waals surface area contributed by atoms with Crippen molar-refractivity contribution in [2.24, 2.45) is 0 Å². The van der Waals surface area contributed by atoms with Crippen LogP contribution in [0.15, 0.2) is 89.7 Å². The van der Waals surface area contributed by atoms with Crippen molar-refractivity contribution < 1.29 is 0 Å². The highest BCUT2D eigenvalue weighted by atomic mass is 16.1. The van der Waals surface area contributed by atoms with Crippen LogP contribution in [-0.4, -0.2) is 58.1 Å². The second-order valence-corrected chi connectivity index (χ2v) is 9.27. The largest absolute Gasteiger partial charge is 0.365 e. The molecule has 3 aromatic carbocycles. The van der Waals surface area contributed by atoms with Crippen LogP contribution in [-0.2, 0) is 6.54 Å². The minimum atomic E-state index is -0.165. The van der Waals surface area contributed by atoms with E-state index in [1.165, 1.54) is 11.1 Å². The number of para-hydroxylation sites is 1. The van der Waals surface area contributed by atoms with Gasteiger partial charge in [0.25, 0.3) is 0 Å². The number of hydrogen-bond acceptors (Lipinski definition) is 5. The maximum absolute atomic E-state index is 12.5. The van der Waals surface area contributed by atoms with E-state index in [1.807, 2.05) is 24.3 Å². The summed E-state index contributed by atoms with van der Waals surface area (Å²) in [6, 6.07) is 30.0. The number of piperazine rings is 1. The van der Waals surface area contributed by atoms with Gasteiger partial charge in [-0.15, -0.1) is 0 Å². The lowest BCUT2D eigenvalue weighted by Gasteiger charge is -2.40. The fourth-order valence-corrected chi connectivity index (χ4v) is 5.46. The summed E-state index contributed by atoms with van der Waals surface area (Å²) < 4.78 is 1.80. The standard InChI is InChI=1S/C28H29N5O/c34-28-30-25-14-8-7-13-24(25)27-29-23(20-33(27)28)19-31-15-17-32(18-16-31)26(21-9-3-1-4-10-21)22-11-5-2-6-12-22/h1-14,23,26,29H,15-20H2/t23-/m0/s1. The molecule has 34 heavy (non-hydrogen) atoms. The minimum Gasteiger partial charge on any atom is -0.365 e. The third kappa shape index (κ3) is 4.00. The van der Waals surface area contributed by atoms with Crippen LogP contribution in [0, 0.1) is 0 Å². The van der Waals surface area contributed by atoms with Gasteiger partial charge in [0.05, 0.1) is 24.1 Å². The van der Waals surface area contributed by atoms with Gasteiger partial charge in [-0.2, -0.15) is 4.98 Å². The van der Waals surface area contributed by atoms with E-state index in [2.05, 4.69) is 80.8 Å². The number of hydrogen-bond donors (Lipinski definition) is 1. The molecule has 2 aliphatic heterocycles. The van der Waals surface area contributed by atoms with E-state index in [1.54, 1.807) is 4.57 Å². The molecule has 0 saturated carbocycles. The highest BCUT2D eigenvalue weighted by molar-refractivity contribution is 5.89. The molecule has 0 unspecified atom stereocenters. The van der Waals surface area contributed by atoms with Crippen molar-refractivity contribution in [3.05, 3.63) is 107 Å². The topological polar surface area (TPSA) is 53.4 Å². The highest BCUT2D eigenvalue weighted by Gasteiger charge is 2.30. The lowest BCUT2D eigenvalue weighted by molar-refractivity contribution is 0.106. The van der Waals surface area contributed by atoms with Crippen molar-refractivity contribution in [1.82, 2.24) is 19.4 Å². The van der Waals surface area contributed by atoms with Gasteiger partial charge in [-0.05, 0) is 23.3 Å². The Kier molecular flexibility index (Phi) is 5.61. The molecule has 6 nitrogen and oxygen atoms in total. The first-order valence-corrected chi connectivity index (χ1v) is 12.1. The predicted octanol–water partition coefficient (Wildman–Crippen LogP) is 3.60. The maximum Gasteiger partial charge on any atom is 0.349 e. The van der Waals surface area contributed by atoms with Crippen molar-refractivity contribution in [2.75, 3.05) is 38.0 Å². The van der Waals surface area contributed by atoms with Gasteiger partial charge >= 0.3 is 5.69 Å². The predicted molar refractivity (Wildman–Crippen MR) is 136 cm³/mol. The fourth-order valence-electron chi connectivity index (χ4n) is 5.46. The van der Waals surface area contributed by atoms with E-state index in [4.69, 9.17) is 0 Å². The molecule has 0 radical (unpaired) electrons. The van der Waals surface area contributed by atoms with Crippen molar-refractivity contribution in [2.45, 2.75) is 18.6 Å². The number of anilines is 1. The number of fused-ring (bicyclic) bond motifs is 3. The smallest absolute Gasteiger partial charge is 0.349 e. The van der Waals surface area contributed by atoms with Gasteiger partial charge < -0.3 is 5.32 Å². The van der Waals surface area contributed by atoms with E-state index in [0.29, 0.717) is 6.54 Å². The summed E-state index contributed by atoms with van der Waals surface area (Å²) in [6.45, 7) is 5.64. The zero-order valence-corrected chi connectivity index (χ0v) is 19.2. The van der Waals surface area contributed by atoms with Crippen molar-refractivity contribution >= 4 is 16.7 Å². The summed E-state index contributed by atoms with van der Waals surface area (Å²) in [5, 5.41) is 4.64. The molecule has 1 aromatic heterocycles. The molecule has 172 valence electrons. The van der Waals surface area contributed by atoms with E-state index >= 15 is 0 Å². The number of rotatable bonds is 5. The molecule has 0 spiro atoms. The molecule has 2 aliphatic rings. The average molecular weight is 452 g/mol. The third-order valence-electron chi connectivity index (χ3n) is 7.10. The summed E-state index contributed by atoms with van der Waals surface area (Å²) in [5.41, 5.74) is 3.28. The van der Waals surface area contributed by atoms with Gasteiger partial charge in [-0.1, -0.05) is 72.8 Å². The van der Waals surface area contributed by atoms with Crippen LogP contribution in [0.2, 0.25) is 0 Å². The molecule has 0 amide bonds. The van der Waals surface area contributed by atoms with Gasteiger partial charge in [0.2, 0.25) is 0 Å². The lowest BCUT2D eigenvalue weighted by Crippen LogP contribution is -2.50. The fraction of sp³-hybridized carbons (Fsp3) is 0.286. The van der Waals surface area contributed by atoms with Crippen LogP contribution in [0.4, 0.5) is 5.82 Å². The molecule has 0 bridgehead atoms. The van der Waals surface area contributed by atoms with Crippen LogP contribution in [0.5, 0.6) is 0 Å². The summed E-state index contributed by atoms with van der Waals surface area (Å²) in [4.78, 5) is 21.9. The molecule has 4 aromatic rings. The average Bonchev–Trinajstić information content (AvgIpc) is 3.31. The zero-order valence-electron chi connectivity index (χ0n) is 19.2. The Morgan fingerprint density at radius 1 is 0.824 bits per heavy atom. The molecule has 1 saturated heterocycles. The maximum atomic E-state index is 12.5. The molecule has 1 atom stereocenters. The molecule has 6 heteroatoms. The Bertz CT molecular complexity index is 1290. The van der Waals surface area contributed by atoms with E-state index in [-0.39, 0.29) is 17.8 Å². The SMILES string of the molecule is O=c1nc2ccccc2c2n1C[C@H](CN1CCN(C(c3ccccc3)c3ccccc3)CC1)N2. The summed E-state index contributed by atoms with van der Waals surface area (Å²) in [7, 11) is 0. The molecule has 3 heterocycles. The Labute approximate surface area is 199 Å². The van der Waals surface area contributed by atoms with Crippen molar-refractivity contribution in [1.29, 1.82) is 0 Å². The quantitative estimate of drug-likeness (QED) is 0.503. The molecular weight excluding hydrogens is 422 g/mol. The summed E-state index contributed by atoms with van der Waals surface area (Å²) in [5.74, 6) is 0.910. The van der Waals surface area contributed by atoms with Crippen LogP contribution < -0.4 is 11.0 Å².